The number of nitrogens with one attached hydrogen (secondary N) is 2. The average molecular weight is 347 g/mol. The van der Waals surface area contributed by atoms with Crippen LogP contribution in [0.4, 0.5) is 29.7 Å². The predicted molar refractivity (Wildman–Crippen MR) is 87.4 cm³/mol. The highest BCUT2D eigenvalue weighted by atomic mass is 19.1. The summed E-state index contributed by atoms with van der Waals surface area (Å²) < 4.78 is 32.1. The standard InChI is InChI=1S/C17H15F2N3O3/c18-13-7-4-8-14(19)15(13)21-16(23)20-9-12-10-22(17(24)25-12)11-5-2-1-3-6-11/h1-8,12H,9-10H2,(H2,20,21,23). The maximum absolute atomic E-state index is 13.5. The Morgan fingerprint density at radius 1 is 1.12 bits per heavy atom. The normalized spacial score (nSPS) is 16.5. The molecular weight excluding hydrogens is 332 g/mol. The zero-order valence-electron chi connectivity index (χ0n) is 13.0. The highest BCUT2D eigenvalue weighted by molar-refractivity contribution is 5.91. The molecule has 0 radical (unpaired) electrons. The molecule has 25 heavy (non-hydrogen) atoms. The first-order chi connectivity index (χ1) is 12.0. The quantitative estimate of drug-likeness (QED) is 0.893. The molecule has 0 aromatic heterocycles. The second-order valence-corrected chi connectivity index (χ2v) is 5.38. The van der Waals surface area contributed by atoms with Gasteiger partial charge in [-0.15, -0.1) is 0 Å². The van der Waals surface area contributed by atoms with E-state index >= 15 is 0 Å². The number of hydrogen-bond acceptors (Lipinski definition) is 3. The fraction of sp³-hybridized carbons (Fsp3) is 0.176. The monoisotopic (exact) mass is 347 g/mol. The SMILES string of the molecule is O=C(NCC1CN(c2ccccc2)C(=O)O1)Nc1c(F)cccc1F. The summed E-state index contributed by atoms with van der Waals surface area (Å²) in [5.74, 6) is -1.75. The number of nitrogens with zero attached hydrogens (tertiary/aromatic N) is 1. The van der Waals surface area contributed by atoms with Gasteiger partial charge in [-0.25, -0.2) is 18.4 Å². The highest BCUT2D eigenvalue weighted by Gasteiger charge is 2.32. The molecule has 0 bridgehead atoms. The summed E-state index contributed by atoms with van der Waals surface area (Å²) in [6, 6.07) is 11.4. The van der Waals surface area contributed by atoms with E-state index in [0.717, 1.165) is 12.1 Å². The largest absolute Gasteiger partial charge is 0.442 e. The van der Waals surface area contributed by atoms with Crippen LogP contribution in [-0.4, -0.2) is 31.3 Å². The van der Waals surface area contributed by atoms with Gasteiger partial charge in [0.05, 0.1) is 13.1 Å². The van der Waals surface area contributed by atoms with E-state index in [1.165, 1.54) is 11.0 Å². The first-order valence-corrected chi connectivity index (χ1v) is 7.56. The number of anilines is 2. The minimum atomic E-state index is -0.877. The van der Waals surface area contributed by atoms with Crippen molar-refractivity contribution in [3.05, 3.63) is 60.2 Å². The molecule has 2 N–H and O–H groups in total. The Morgan fingerprint density at radius 3 is 2.48 bits per heavy atom. The van der Waals surface area contributed by atoms with Gasteiger partial charge < -0.3 is 15.4 Å². The molecule has 2 aromatic carbocycles. The van der Waals surface area contributed by atoms with Crippen LogP contribution in [0, 0.1) is 11.6 Å². The molecule has 1 unspecified atom stereocenters. The Morgan fingerprint density at radius 2 is 1.80 bits per heavy atom. The minimum absolute atomic E-state index is 0.0109. The van der Waals surface area contributed by atoms with Gasteiger partial charge in [0.2, 0.25) is 0 Å². The molecule has 1 aliphatic heterocycles. The van der Waals surface area contributed by atoms with Gasteiger partial charge in [-0.1, -0.05) is 24.3 Å². The first-order valence-electron chi connectivity index (χ1n) is 7.56. The van der Waals surface area contributed by atoms with Gasteiger partial charge in [0.15, 0.2) is 0 Å². The van der Waals surface area contributed by atoms with Gasteiger partial charge in [0, 0.05) is 5.69 Å². The summed E-state index contributed by atoms with van der Waals surface area (Å²) in [6.07, 6.45) is -1.08. The van der Waals surface area contributed by atoms with Gasteiger partial charge in [0.1, 0.15) is 23.4 Å². The summed E-state index contributed by atoms with van der Waals surface area (Å²) in [5.41, 5.74) is 0.155. The Kier molecular flexibility index (Phi) is 4.78. The van der Waals surface area contributed by atoms with Gasteiger partial charge in [-0.2, -0.15) is 0 Å². The lowest BCUT2D eigenvalue weighted by atomic mass is 10.2. The Balaban J connectivity index is 1.54. The van der Waals surface area contributed by atoms with Crippen LogP contribution in [-0.2, 0) is 4.74 Å². The average Bonchev–Trinajstić information content (AvgIpc) is 2.98. The molecule has 0 saturated carbocycles. The summed E-state index contributed by atoms with van der Waals surface area (Å²) in [7, 11) is 0. The van der Waals surface area contributed by atoms with Crippen molar-refractivity contribution in [3.8, 4) is 0 Å². The van der Waals surface area contributed by atoms with Crippen LogP contribution < -0.4 is 15.5 Å². The molecule has 1 heterocycles. The number of hydrogen-bond donors (Lipinski definition) is 2. The van der Waals surface area contributed by atoms with Crippen LogP contribution in [0.3, 0.4) is 0 Å². The summed E-state index contributed by atoms with van der Waals surface area (Å²) in [4.78, 5) is 25.1. The molecule has 0 spiro atoms. The molecular formula is C17H15F2N3O3. The van der Waals surface area contributed by atoms with Crippen molar-refractivity contribution in [1.29, 1.82) is 0 Å². The number of carbonyl (C=O) groups is 2. The van der Waals surface area contributed by atoms with E-state index < -0.39 is 35.6 Å². The molecule has 2 aromatic rings. The number of para-hydroxylation sites is 2. The Labute approximate surface area is 142 Å². The third-order valence-corrected chi connectivity index (χ3v) is 3.63. The van der Waals surface area contributed by atoms with Crippen molar-refractivity contribution in [1.82, 2.24) is 5.32 Å². The van der Waals surface area contributed by atoms with E-state index in [-0.39, 0.29) is 13.1 Å². The maximum atomic E-state index is 13.5. The number of amides is 3. The molecule has 3 amide bonds. The van der Waals surface area contributed by atoms with Gasteiger partial charge in [-0.3, -0.25) is 4.90 Å². The van der Waals surface area contributed by atoms with E-state index in [9.17, 15) is 18.4 Å². The summed E-state index contributed by atoms with van der Waals surface area (Å²) in [6.45, 7) is 0.272. The van der Waals surface area contributed by atoms with Gasteiger partial charge in [-0.05, 0) is 24.3 Å². The number of carbonyl (C=O) groups excluding carboxylic acids is 2. The summed E-state index contributed by atoms with van der Waals surface area (Å²) in [5, 5.41) is 4.54. The third-order valence-electron chi connectivity index (χ3n) is 3.63. The van der Waals surface area contributed by atoms with Crippen molar-refractivity contribution < 1.29 is 23.1 Å². The lowest BCUT2D eigenvalue weighted by Crippen LogP contribution is -2.37. The number of halogens is 2. The van der Waals surface area contributed by atoms with E-state index in [2.05, 4.69) is 10.6 Å². The Hall–Kier alpha value is -3.16. The smallest absolute Gasteiger partial charge is 0.414 e. The molecule has 6 nitrogen and oxygen atoms in total. The fourth-order valence-corrected chi connectivity index (χ4v) is 2.43. The van der Waals surface area contributed by atoms with Crippen molar-refractivity contribution in [2.75, 3.05) is 23.3 Å². The molecule has 0 aliphatic carbocycles. The third kappa shape index (κ3) is 3.85. The Bertz CT molecular complexity index is 766. The van der Waals surface area contributed by atoms with Crippen LogP contribution in [0.15, 0.2) is 48.5 Å². The zero-order chi connectivity index (χ0) is 17.8. The van der Waals surface area contributed by atoms with Crippen LogP contribution in [0.25, 0.3) is 0 Å². The molecule has 3 rings (SSSR count). The molecule has 1 aliphatic rings. The van der Waals surface area contributed by atoms with Crippen molar-refractivity contribution in [2.24, 2.45) is 0 Å². The first kappa shape index (κ1) is 16.7. The van der Waals surface area contributed by atoms with Crippen molar-refractivity contribution in [3.63, 3.8) is 0 Å². The number of rotatable bonds is 4. The number of benzene rings is 2. The maximum Gasteiger partial charge on any atom is 0.414 e. The molecule has 1 fully saturated rings. The molecule has 1 saturated heterocycles. The number of cyclic esters (lactones) is 1. The van der Waals surface area contributed by atoms with Crippen LogP contribution in [0.5, 0.6) is 0 Å². The van der Waals surface area contributed by atoms with Crippen molar-refractivity contribution in [2.45, 2.75) is 6.10 Å². The summed E-state index contributed by atoms with van der Waals surface area (Å²) >= 11 is 0. The number of ether oxygens (including phenoxy) is 1. The van der Waals surface area contributed by atoms with Crippen LogP contribution >= 0.6 is 0 Å². The van der Waals surface area contributed by atoms with Crippen molar-refractivity contribution >= 4 is 23.5 Å². The second kappa shape index (κ2) is 7.16. The fourth-order valence-electron chi connectivity index (χ4n) is 2.43. The van der Waals surface area contributed by atoms with Crippen LogP contribution in [0.1, 0.15) is 0 Å². The van der Waals surface area contributed by atoms with Crippen LogP contribution in [0.2, 0.25) is 0 Å². The van der Waals surface area contributed by atoms with E-state index in [1.807, 2.05) is 6.07 Å². The van der Waals surface area contributed by atoms with E-state index in [0.29, 0.717) is 5.69 Å². The molecule has 130 valence electrons. The molecule has 1 atom stereocenters. The molecule has 8 heteroatoms. The zero-order valence-corrected chi connectivity index (χ0v) is 13.0. The second-order valence-electron chi connectivity index (χ2n) is 5.38. The van der Waals surface area contributed by atoms with E-state index in [4.69, 9.17) is 4.74 Å². The lowest BCUT2D eigenvalue weighted by molar-refractivity contribution is 0.141. The van der Waals surface area contributed by atoms with Gasteiger partial charge >= 0.3 is 12.1 Å². The van der Waals surface area contributed by atoms with Gasteiger partial charge in [0.25, 0.3) is 0 Å². The lowest BCUT2D eigenvalue weighted by Gasteiger charge is -2.13. The van der Waals surface area contributed by atoms with E-state index in [1.54, 1.807) is 24.3 Å². The highest BCUT2D eigenvalue weighted by Crippen LogP contribution is 2.21. The topological polar surface area (TPSA) is 70.7 Å². The predicted octanol–water partition coefficient (Wildman–Crippen LogP) is 3.11. The minimum Gasteiger partial charge on any atom is -0.442 e. The number of urea groups is 1.